The highest BCUT2D eigenvalue weighted by molar-refractivity contribution is 6.06. The lowest BCUT2D eigenvalue weighted by Gasteiger charge is -2.41. The molecule has 3 rings (SSSR count). The summed E-state index contributed by atoms with van der Waals surface area (Å²) < 4.78 is 0. The van der Waals surface area contributed by atoms with E-state index >= 15 is 0 Å². The number of nitrogens with two attached hydrogens (primary N) is 1. The van der Waals surface area contributed by atoms with Gasteiger partial charge in [0.1, 0.15) is 11.4 Å². The molecule has 2 amide bonds. The van der Waals surface area contributed by atoms with Crippen molar-refractivity contribution in [3.63, 3.8) is 0 Å². The van der Waals surface area contributed by atoms with Crippen molar-refractivity contribution in [2.75, 3.05) is 19.6 Å². The zero-order valence-corrected chi connectivity index (χ0v) is 9.41. The third-order valence-electron chi connectivity index (χ3n) is 3.94. The van der Waals surface area contributed by atoms with Gasteiger partial charge in [-0.2, -0.15) is 4.99 Å². The predicted molar refractivity (Wildman–Crippen MR) is 61.3 cm³/mol. The van der Waals surface area contributed by atoms with Crippen molar-refractivity contribution in [2.24, 2.45) is 16.6 Å². The number of hydrogen-bond acceptors (Lipinski definition) is 3. The summed E-state index contributed by atoms with van der Waals surface area (Å²) in [6.45, 7) is 2.62. The van der Waals surface area contributed by atoms with Crippen LogP contribution in [0.4, 0.5) is 4.79 Å². The number of nitrogens with one attached hydrogen (secondary N) is 1. The molecule has 2 fully saturated rings. The van der Waals surface area contributed by atoms with E-state index in [1.54, 1.807) is 0 Å². The molecule has 1 aliphatic carbocycles. The minimum absolute atomic E-state index is 0.131. The van der Waals surface area contributed by atoms with Crippen LogP contribution >= 0.6 is 0 Å². The van der Waals surface area contributed by atoms with Crippen LogP contribution in [-0.4, -0.2) is 41.9 Å². The summed E-state index contributed by atoms with van der Waals surface area (Å²) in [5, 5.41) is 3.34. The van der Waals surface area contributed by atoms with Gasteiger partial charge in [0.05, 0.1) is 0 Å². The molecule has 1 spiro atoms. The first kappa shape index (κ1) is 10.1. The Balaban J connectivity index is 1.85. The number of aliphatic imine (C=N–C) groups is 1. The number of rotatable bonds is 2. The van der Waals surface area contributed by atoms with E-state index < -0.39 is 0 Å². The Kier molecular flexibility index (Phi) is 2.17. The smallest absolute Gasteiger partial charge is 0.346 e. The number of carbonyl (C=O) groups excluding carboxylic acids is 1. The molecule has 0 aromatic heterocycles. The summed E-state index contributed by atoms with van der Waals surface area (Å²) >= 11 is 0. The summed E-state index contributed by atoms with van der Waals surface area (Å²) in [4.78, 5) is 17.7. The molecule has 0 radical (unpaired) electrons. The number of amidine groups is 1. The standard InChI is InChI=1S/C11H18N4O/c12-9-11(4-1-5-13-7-11)15(10(16)14-9)6-8-2-3-8/h8,13H,1-7H2,(H2,12,14,16). The van der Waals surface area contributed by atoms with Crippen LogP contribution in [0.5, 0.6) is 0 Å². The fraction of sp³-hybridized carbons (Fsp3) is 0.818. The van der Waals surface area contributed by atoms with Crippen LogP contribution in [0, 0.1) is 5.92 Å². The van der Waals surface area contributed by atoms with Crippen LogP contribution in [0.3, 0.4) is 0 Å². The Hall–Kier alpha value is -1.10. The number of carbonyl (C=O) groups is 1. The average molecular weight is 222 g/mol. The highest BCUT2D eigenvalue weighted by atomic mass is 16.2. The van der Waals surface area contributed by atoms with E-state index in [2.05, 4.69) is 10.3 Å². The van der Waals surface area contributed by atoms with E-state index in [9.17, 15) is 4.79 Å². The van der Waals surface area contributed by atoms with Crippen molar-refractivity contribution in [1.29, 1.82) is 0 Å². The SMILES string of the molecule is NC1=NC(=O)N(CC2CC2)C12CCCNC2. The molecule has 16 heavy (non-hydrogen) atoms. The van der Waals surface area contributed by atoms with Crippen LogP contribution < -0.4 is 11.1 Å². The van der Waals surface area contributed by atoms with Crippen LogP contribution in [0.1, 0.15) is 25.7 Å². The summed E-state index contributed by atoms with van der Waals surface area (Å²) in [6, 6.07) is -0.131. The third-order valence-corrected chi connectivity index (χ3v) is 3.94. The molecule has 2 heterocycles. The van der Waals surface area contributed by atoms with Crippen molar-refractivity contribution in [2.45, 2.75) is 31.2 Å². The van der Waals surface area contributed by atoms with Crippen molar-refractivity contribution in [3.8, 4) is 0 Å². The van der Waals surface area contributed by atoms with Gasteiger partial charge in [0, 0.05) is 13.1 Å². The minimum Gasteiger partial charge on any atom is -0.385 e. The van der Waals surface area contributed by atoms with E-state index in [4.69, 9.17) is 5.73 Å². The highest BCUT2D eigenvalue weighted by Crippen LogP contribution is 2.36. The van der Waals surface area contributed by atoms with E-state index in [1.165, 1.54) is 12.8 Å². The van der Waals surface area contributed by atoms with Gasteiger partial charge in [-0.25, -0.2) is 4.79 Å². The maximum absolute atomic E-state index is 11.9. The number of nitrogens with zero attached hydrogens (tertiary/aromatic N) is 2. The zero-order chi connectivity index (χ0) is 11.2. The molecular weight excluding hydrogens is 204 g/mol. The summed E-state index contributed by atoms with van der Waals surface area (Å²) in [7, 11) is 0. The summed E-state index contributed by atoms with van der Waals surface area (Å²) in [5.74, 6) is 1.20. The van der Waals surface area contributed by atoms with E-state index in [0.29, 0.717) is 11.8 Å². The molecular formula is C11H18N4O. The highest BCUT2D eigenvalue weighted by Gasteiger charge is 2.50. The molecule has 1 saturated heterocycles. The van der Waals surface area contributed by atoms with E-state index in [-0.39, 0.29) is 11.6 Å². The van der Waals surface area contributed by atoms with E-state index in [1.807, 2.05) is 4.90 Å². The monoisotopic (exact) mass is 222 g/mol. The Morgan fingerprint density at radius 1 is 1.56 bits per heavy atom. The summed E-state index contributed by atoms with van der Waals surface area (Å²) in [5.41, 5.74) is 5.66. The van der Waals surface area contributed by atoms with E-state index in [0.717, 1.165) is 32.5 Å². The number of hydrogen-bond donors (Lipinski definition) is 2. The second kappa shape index (κ2) is 3.45. The lowest BCUT2D eigenvalue weighted by atomic mass is 9.88. The van der Waals surface area contributed by atoms with Crippen LogP contribution in [0.25, 0.3) is 0 Å². The maximum Gasteiger partial charge on any atom is 0.346 e. The quantitative estimate of drug-likeness (QED) is 0.706. The minimum atomic E-state index is -0.308. The second-order valence-electron chi connectivity index (χ2n) is 5.15. The molecule has 0 aromatic rings. The molecule has 3 aliphatic rings. The van der Waals surface area contributed by atoms with Gasteiger partial charge < -0.3 is 16.0 Å². The lowest BCUT2D eigenvalue weighted by Crippen LogP contribution is -2.62. The molecule has 1 saturated carbocycles. The Bertz CT molecular complexity index is 342. The van der Waals surface area contributed by atoms with Gasteiger partial charge in [-0.05, 0) is 38.1 Å². The van der Waals surface area contributed by atoms with Crippen molar-refractivity contribution in [1.82, 2.24) is 10.2 Å². The van der Waals surface area contributed by atoms with Gasteiger partial charge in [0.2, 0.25) is 0 Å². The fourth-order valence-electron chi connectivity index (χ4n) is 2.74. The molecule has 3 N–H and O–H groups in total. The molecule has 2 aliphatic heterocycles. The summed E-state index contributed by atoms with van der Waals surface area (Å²) in [6.07, 6.45) is 4.50. The Morgan fingerprint density at radius 2 is 2.38 bits per heavy atom. The number of piperidine rings is 1. The van der Waals surface area contributed by atoms with Crippen molar-refractivity contribution >= 4 is 11.9 Å². The third kappa shape index (κ3) is 1.42. The Labute approximate surface area is 95.1 Å². The molecule has 5 heteroatoms. The number of amides is 2. The van der Waals surface area contributed by atoms with Gasteiger partial charge in [0.25, 0.3) is 0 Å². The first-order valence-electron chi connectivity index (χ1n) is 6.09. The molecule has 1 unspecified atom stereocenters. The average Bonchev–Trinajstić information content (AvgIpc) is 3.06. The second-order valence-corrected chi connectivity index (χ2v) is 5.15. The van der Waals surface area contributed by atoms with Crippen LogP contribution in [-0.2, 0) is 0 Å². The van der Waals surface area contributed by atoms with Gasteiger partial charge >= 0.3 is 6.03 Å². The van der Waals surface area contributed by atoms with Gasteiger partial charge in [-0.15, -0.1) is 0 Å². The molecule has 88 valence electrons. The maximum atomic E-state index is 11.9. The fourth-order valence-corrected chi connectivity index (χ4v) is 2.74. The first-order chi connectivity index (χ1) is 7.72. The normalized spacial score (nSPS) is 34.6. The van der Waals surface area contributed by atoms with Crippen molar-refractivity contribution in [3.05, 3.63) is 0 Å². The predicted octanol–water partition coefficient (Wildman–Crippen LogP) is 0.311. The largest absolute Gasteiger partial charge is 0.385 e. The Morgan fingerprint density at radius 3 is 3.00 bits per heavy atom. The first-order valence-corrected chi connectivity index (χ1v) is 6.09. The van der Waals surface area contributed by atoms with Gasteiger partial charge in [0.15, 0.2) is 0 Å². The molecule has 1 atom stereocenters. The molecule has 5 nitrogen and oxygen atoms in total. The van der Waals surface area contributed by atoms with Gasteiger partial charge in [-0.3, -0.25) is 0 Å². The number of urea groups is 1. The van der Waals surface area contributed by atoms with Crippen molar-refractivity contribution < 1.29 is 4.79 Å². The van der Waals surface area contributed by atoms with Crippen LogP contribution in [0.2, 0.25) is 0 Å². The topological polar surface area (TPSA) is 70.7 Å². The van der Waals surface area contributed by atoms with Gasteiger partial charge in [-0.1, -0.05) is 0 Å². The molecule has 0 bridgehead atoms. The zero-order valence-electron chi connectivity index (χ0n) is 9.41. The lowest BCUT2D eigenvalue weighted by molar-refractivity contribution is 0.147. The van der Waals surface area contributed by atoms with Crippen LogP contribution in [0.15, 0.2) is 4.99 Å². The molecule has 0 aromatic carbocycles.